The van der Waals surface area contributed by atoms with Crippen LogP contribution in [-0.2, 0) is 9.59 Å². The Morgan fingerprint density at radius 1 is 1.13 bits per heavy atom. The van der Waals surface area contributed by atoms with Crippen LogP contribution in [0.2, 0.25) is 10.0 Å². The molecule has 1 saturated carbocycles. The van der Waals surface area contributed by atoms with Crippen LogP contribution in [0.5, 0.6) is 0 Å². The molecule has 0 radical (unpaired) electrons. The summed E-state index contributed by atoms with van der Waals surface area (Å²) in [5.74, 6) is -2.53. The number of fused-ring (bicyclic) bond motifs is 1. The van der Waals surface area contributed by atoms with Gasteiger partial charge in [-0.05, 0) is 54.8 Å². The number of nitrogens with zero attached hydrogens (tertiary/aromatic N) is 2. The maximum atomic E-state index is 13.4. The number of carbonyl (C=O) groups is 4. The lowest BCUT2D eigenvalue weighted by Crippen LogP contribution is -2.52. The first-order valence-electron chi connectivity index (χ1n) is 9.99. The maximum Gasteiger partial charge on any atom is 0.274 e. The zero-order valence-corrected chi connectivity index (χ0v) is 19.0. The third-order valence-electron chi connectivity index (χ3n) is 5.89. The number of hydrogen-bond acceptors (Lipinski definition) is 5. The fraction of sp³-hybridized carbons (Fsp3) is 0.364. The summed E-state index contributed by atoms with van der Waals surface area (Å²) in [7, 11) is 0. The Morgan fingerprint density at radius 3 is 2.55 bits per heavy atom. The molecule has 3 atom stereocenters. The summed E-state index contributed by atoms with van der Waals surface area (Å²) in [6.45, 7) is 1.61. The van der Waals surface area contributed by atoms with Crippen molar-refractivity contribution in [1.29, 1.82) is 0 Å². The molecule has 4 rings (SSSR count). The molecule has 6 nitrogen and oxygen atoms in total. The zero-order chi connectivity index (χ0) is 22.3. The van der Waals surface area contributed by atoms with E-state index in [2.05, 4.69) is 0 Å². The second-order valence-corrected chi connectivity index (χ2v) is 9.80. The van der Waals surface area contributed by atoms with Crippen LogP contribution in [-0.4, -0.2) is 40.1 Å². The molecule has 2 aliphatic rings. The van der Waals surface area contributed by atoms with Crippen LogP contribution in [0.3, 0.4) is 0 Å². The number of halogens is 2. The van der Waals surface area contributed by atoms with Crippen LogP contribution in [0, 0.1) is 17.8 Å². The average Bonchev–Trinajstić information content (AvgIpc) is 3.34. The largest absolute Gasteiger partial charge is 0.291 e. The van der Waals surface area contributed by atoms with Crippen molar-refractivity contribution in [2.75, 3.05) is 6.54 Å². The normalized spacial score (nSPS) is 23.1. The van der Waals surface area contributed by atoms with Gasteiger partial charge in [0.25, 0.3) is 17.7 Å². The molecular formula is C22H20Cl2N2O4S. The Kier molecular flexibility index (Phi) is 6.19. The van der Waals surface area contributed by atoms with Crippen LogP contribution < -0.4 is 0 Å². The van der Waals surface area contributed by atoms with Crippen molar-refractivity contribution in [3.05, 3.63) is 56.2 Å². The highest BCUT2D eigenvalue weighted by Crippen LogP contribution is 2.41. The number of hydrazine groups is 1. The third kappa shape index (κ3) is 4.14. The lowest BCUT2D eigenvalue weighted by molar-refractivity contribution is -0.154. The van der Waals surface area contributed by atoms with Crippen molar-refractivity contribution in [2.45, 2.75) is 26.2 Å². The summed E-state index contributed by atoms with van der Waals surface area (Å²) in [5.41, 5.74) is 0.0638. The monoisotopic (exact) mass is 478 g/mol. The van der Waals surface area contributed by atoms with Gasteiger partial charge in [0.05, 0.1) is 27.3 Å². The Labute approximate surface area is 193 Å². The van der Waals surface area contributed by atoms with Gasteiger partial charge in [-0.3, -0.25) is 19.2 Å². The lowest BCUT2D eigenvalue weighted by Gasteiger charge is -2.30. The Hall–Kier alpha value is -2.22. The molecule has 2 heterocycles. The second kappa shape index (κ2) is 8.73. The van der Waals surface area contributed by atoms with Crippen LogP contribution in [0.1, 0.15) is 46.2 Å². The van der Waals surface area contributed by atoms with E-state index >= 15 is 0 Å². The Balaban J connectivity index is 1.71. The molecule has 1 saturated heterocycles. The van der Waals surface area contributed by atoms with E-state index in [1.807, 2.05) is 6.92 Å². The van der Waals surface area contributed by atoms with Gasteiger partial charge in [0.15, 0.2) is 5.78 Å². The number of benzene rings is 1. The molecule has 9 heteroatoms. The molecule has 1 aliphatic heterocycles. The van der Waals surface area contributed by atoms with Crippen molar-refractivity contribution in [3.8, 4) is 0 Å². The van der Waals surface area contributed by atoms with E-state index in [1.54, 1.807) is 17.5 Å². The molecule has 0 N–H and O–H groups in total. The highest BCUT2D eigenvalue weighted by atomic mass is 35.5. The van der Waals surface area contributed by atoms with Gasteiger partial charge < -0.3 is 0 Å². The molecule has 0 bridgehead atoms. The summed E-state index contributed by atoms with van der Waals surface area (Å²) in [6.07, 6.45) is 2.03. The first kappa shape index (κ1) is 22.0. The predicted molar refractivity (Wildman–Crippen MR) is 118 cm³/mol. The van der Waals surface area contributed by atoms with Crippen LogP contribution in [0.15, 0.2) is 35.7 Å². The number of rotatable bonds is 5. The summed E-state index contributed by atoms with van der Waals surface area (Å²) >= 11 is 13.4. The molecule has 2 aromatic rings. The minimum Gasteiger partial charge on any atom is -0.291 e. The number of Topliss-reactive ketones (excluding diaryl/α,β-unsaturated/α-hetero) is 1. The number of ketones is 1. The van der Waals surface area contributed by atoms with Gasteiger partial charge in [0.1, 0.15) is 6.54 Å². The summed E-state index contributed by atoms with van der Waals surface area (Å²) in [6, 6.07) is 7.69. The molecule has 1 aliphatic carbocycles. The van der Waals surface area contributed by atoms with Crippen LogP contribution in [0.4, 0.5) is 0 Å². The third-order valence-corrected chi connectivity index (χ3v) is 7.35. The van der Waals surface area contributed by atoms with Gasteiger partial charge in [0.2, 0.25) is 0 Å². The standard InChI is InChI=1S/C22H20Cl2N2O4S/c1-12-4-6-14-16(9-12)22(30)26(21(14)29)25(11-18(27)19-3-2-8-31-19)20(28)15-7-5-13(23)10-17(15)24/h2-3,5,7-8,10,12,14,16H,4,6,9,11H2,1H3/t12-,14+,16+/m1/s1. The van der Waals surface area contributed by atoms with Gasteiger partial charge in [-0.2, -0.15) is 5.01 Å². The number of imide groups is 1. The topological polar surface area (TPSA) is 74.8 Å². The summed E-state index contributed by atoms with van der Waals surface area (Å²) in [4.78, 5) is 53.1. The van der Waals surface area contributed by atoms with E-state index in [-0.39, 0.29) is 16.4 Å². The molecule has 31 heavy (non-hydrogen) atoms. The zero-order valence-electron chi connectivity index (χ0n) is 16.7. The molecule has 0 spiro atoms. The van der Waals surface area contributed by atoms with E-state index in [0.29, 0.717) is 28.7 Å². The van der Waals surface area contributed by atoms with E-state index in [9.17, 15) is 19.2 Å². The quantitative estimate of drug-likeness (QED) is 0.460. The highest BCUT2D eigenvalue weighted by Gasteiger charge is 2.53. The molecule has 162 valence electrons. The van der Waals surface area contributed by atoms with Crippen molar-refractivity contribution in [2.24, 2.45) is 17.8 Å². The molecule has 0 unspecified atom stereocenters. The summed E-state index contributed by atoms with van der Waals surface area (Å²) in [5, 5.41) is 4.00. The number of thiophene rings is 1. The fourth-order valence-corrected chi connectivity index (χ4v) is 5.44. The molecular weight excluding hydrogens is 459 g/mol. The predicted octanol–water partition coefficient (Wildman–Crippen LogP) is 4.72. The van der Waals surface area contributed by atoms with Crippen molar-refractivity contribution in [1.82, 2.24) is 10.0 Å². The summed E-state index contributed by atoms with van der Waals surface area (Å²) < 4.78 is 0. The number of amides is 3. The van der Waals surface area contributed by atoms with Crippen molar-refractivity contribution >= 4 is 58.0 Å². The van der Waals surface area contributed by atoms with Gasteiger partial charge in [-0.25, -0.2) is 5.01 Å². The fourth-order valence-electron chi connectivity index (χ4n) is 4.30. The molecule has 1 aromatic heterocycles. The van der Waals surface area contributed by atoms with Crippen LogP contribution in [0.25, 0.3) is 0 Å². The molecule has 2 fully saturated rings. The van der Waals surface area contributed by atoms with Crippen molar-refractivity contribution in [3.63, 3.8) is 0 Å². The van der Waals surface area contributed by atoms with Gasteiger partial charge >= 0.3 is 0 Å². The van der Waals surface area contributed by atoms with Crippen LogP contribution >= 0.6 is 34.5 Å². The minimum atomic E-state index is -0.694. The number of hydrogen-bond donors (Lipinski definition) is 0. The Bertz CT molecular complexity index is 1060. The maximum absolute atomic E-state index is 13.4. The highest BCUT2D eigenvalue weighted by molar-refractivity contribution is 7.12. The van der Waals surface area contributed by atoms with Gasteiger partial charge in [-0.1, -0.05) is 36.2 Å². The smallest absolute Gasteiger partial charge is 0.274 e. The first-order valence-corrected chi connectivity index (χ1v) is 11.6. The molecule has 1 aromatic carbocycles. The van der Waals surface area contributed by atoms with Gasteiger partial charge in [-0.15, -0.1) is 11.3 Å². The second-order valence-electron chi connectivity index (χ2n) is 8.01. The lowest BCUT2D eigenvalue weighted by atomic mass is 9.76. The Morgan fingerprint density at radius 2 is 1.87 bits per heavy atom. The average molecular weight is 479 g/mol. The number of carbonyl (C=O) groups excluding carboxylic acids is 4. The van der Waals surface area contributed by atoms with E-state index in [4.69, 9.17) is 23.2 Å². The first-order chi connectivity index (χ1) is 14.8. The van der Waals surface area contributed by atoms with Gasteiger partial charge in [0, 0.05) is 5.02 Å². The molecule has 3 amide bonds. The minimum absolute atomic E-state index is 0.0638. The SMILES string of the molecule is C[C@@H]1CC[C@@H]2C(=O)N(N(CC(=O)c3cccs3)C(=O)c3ccc(Cl)cc3Cl)C(=O)[C@H]2C1. The van der Waals surface area contributed by atoms with E-state index in [0.717, 1.165) is 16.4 Å². The van der Waals surface area contributed by atoms with E-state index < -0.39 is 36.1 Å². The van der Waals surface area contributed by atoms with Crippen molar-refractivity contribution < 1.29 is 19.2 Å². The van der Waals surface area contributed by atoms with E-state index in [1.165, 1.54) is 29.5 Å².